The van der Waals surface area contributed by atoms with Crippen molar-refractivity contribution in [2.24, 2.45) is 7.05 Å². The maximum Gasteiger partial charge on any atom is 0.173 e. The zero-order valence-electron chi connectivity index (χ0n) is 10.6. The third-order valence-corrected chi connectivity index (χ3v) is 3.50. The Kier molecular flexibility index (Phi) is 3.04. The van der Waals surface area contributed by atoms with E-state index >= 15 is 0 Å². The number of hydrogen-bond donors (Lipinski definition) is 0. The molecule has 2 aromatic rings. The number of rotatable bonds is 3. The first-order valence-electron chi connectivity index (χ1n) is 6.06. The molecule has 0 aliphatic carbocycles. The highest BCUT2D eigenvalue weighted by atomic mass is 15.2. The highest BCUT2D eigenvalue weighted by Crippen LogP contribution is 2.16. The van der Waals surface area contributed by atoms with Crippen LogP contribution in [0.4, 0.5) is 0 Å². The summed E-state index contributed by atoms with van der Waals surface area (Å²) >= 11 is 0. The molecule has 0 bridgehead atoms. The molecular formula is C13H19BN2. The average molecular weight is 214 g/mol. The van der Waals surface area contributed by atoms with Crippen LogP contribution in [0.3, 0.4) is 0 Å². The fourth-order valence-corrected chi connectivity index (χ4v) is 2.51. The van der Waals surface area contributed by atoms with Crippen LogP contribution in [0.2, 0.25) is 13.1 Å². The van der Waals surface area contributed by atoms with Crippen molar-refractivity contribution in [3.05, 3.63) is 23.9 Å². The Balaban J connectivity index is 2.52. The zero-order chi connectivity index (χ0) is 11.7. The molecule has 0 fully saturated rings. The van der Waals surface area contributed by atoms with Crippen LogP contribution in [0.1, 0.15) is 18.9 Å². The highest BCUT2D eigenvalue weighted by Gasteiger charge is 2.14. The van der Waals surface area contributed by atoms with Gasteiger partial charge in [0.05, 0.1) is 11.7 Å². The Morgan fingerprint density at radius 1 is 1.38 bits per heavy atom. The summed E-state index contributed by atoms with van der Waals surface area (Å²) in [5.74, 6) is 0. The van der Waals surface area contributed by atoms with E-state index in [0.29, 0.717) is 6.71 Å². The molecule has 2 rings (SSSR count). The largest absolute Gasteiger partial charge is 0.268 e. The second kappa shape index (κ2) is 4.32. The molecule has 0 unspecified atom stereocenters. The fourth-order valence-electron chi connectivity index (χ4n) is 2.51. The standard InChI is InChI=1S/C13H19BN2/c1-5-8-14(3)12-6-7-13-11(10(12)2)9-15-16(13)4/h6-7,9H,5,8H2,1-4H3. The SMILES string of the molecule is CCCB(C)c1ccc2c(cnn2C)c1C. The number of benzene rings is 1. The molecule has 0 saturated carbocycles. The van der Waals surface area contributed by atoms with Crippen LogP contribution in [0, 0.1) is 6.92 Å². The van der Waals surface area contributed by atoms with E-state index in [4.69, 9.17) is 0 Å². The van der Waals surface area contributed by atoms with Crippen molar-refractivity contribution in [1.82, 2.24) is 9.78 Å². The monoisotopic (exact) mass is 214 g/mol. The quantitative estimate of drug-likeness (QED) is 0.718. The first-order chi connectivity index (χ1) is 7.65. The molecule has 2 nitrogen and oxygen atoms in total. The van der Waals surface area contributed by atoms with Crippen molar-refractivity contribution in [2.45, 2.75) is 33.4 Å². The van der Waals surface area contributed by atoms with Crippen LogP contribution in [-0.2, 0) is 7.05 Å². The first kappa shape index (κ1) is 11.2. The van der Waals surface area contributed by atoms with Crippen LogP contribution in [-0.4, -0.2) is 16.5 Å². The van der Waals surface area contributed by atoms with Gasteiger partial charge in [-0.2, -0.15) is 5.10 Å². The molecule has 0 amide bonds. The van der Waals surface area contributed by atoms with E-state index in [1.54, 1.807) is 0 Å². The average Bonchev–Trinajstić information content (AvgIpc) is 2.62. The third-order valence-electron chi connectivity index (χ3n) is 3.50. The van der Waals surface area contributed by atoms with Crippen LogP contribution < -0.4 is 5.46 Å². The lowest BCUT2D eigenvalue weighted by Gasteiger charge is -2.11. The molecule has 0 aliphatic heterocycles. The van der Waals surface area contributed by atoms with Gasteiger partial charge >= 0.3 is 0 Å². The molecule has 0 atom stereocenters. The molecule has 3 heteroatoms. The molecular weight excluding hydrogens is 195 g/mol. The molecule has 0 aliphatic rings. The lowest BCUT2D eigenvalue weighted by Crippen LogP contribution is -2.28. The minimum atomic E-state index is 0.648. The number of aromatic nitrogens is 2. The Hall–Kier alpha value is -1.25. The van der Waals surface area contributed by atoms with Gasteiger partial charge in [-0.05, 0) is 18.6 Å². The summed E-state index contributed by atoms with van der Waals surface area (Å²) in [6, 6.07) is 4.45. The topological polar surface area (TPSA) is 17.8 Å². The molecule has 1 heterocycles. The van der Waals surface area contributed by atoms with Crippen molar-refractivity contribution in [3.63, 3.8) is 0 Å². The van der Waals surface area contributed by atoms with Crippen molar-refractivity contribution in [1.29, 1.82) is 0 Å². The maximum atomic E-state index is 4.32. The summed E-state index contributed by atoms with van der Waals surface area (Å²) in [5.41, 5.74) is 4.10. The van der Waals surface area contributed by atoms with Gasteiger partial charge in [-0.15, -0.1) is 0 Å². The van der Waals surface area contributed by atoms with Gasteiger partial charge in [0.15, 0.2) is 6.71 Å². The molecule has 0 radical (unpaired) electrons. The van der Waals surface area contributed by atoms with Crippen LogP contribution in [0.5, 0.6) is 0 Å². The van der Waals surface area contributed by atoms with Crippen LogP contribution >= 0.6 is 0 Å². The zero-order valence-corrected chi connectivity index (χ0v) is 10.6. The number of fused-ring (bicyclic) bond motifs is 1. The van der Waals surface area contributed by atoms with Crippen LogP contribution in [0.15, 0.2) is 18.3 Å². The Labute approximate surface area is 97.7 Å². The summed E-state index contributed by atoms with van der Waals surface area (Å²) in [7, 11) is 2.00. The Morgan fingerprint density at radius 3 is 2.81 bits per heavy atom. The molecule has 84 valence electrons. The summed E-state index contributed by atoms with van der Waals surface area (Å²) in [6.45, 7) is 7.42. The van der Waals surface area contributed by atoms with E-state index in [2.05, 4.69) is 37.9 Å². The number of nitrogens with zero attached hydrogens (tertiary/aromatic N) is 2. The van der Waals surface area contributed by atoms with E-state index in [1.807, 2.05) is 17.9 Å². The minimum Gasteiger partial charge on any atom is -0.268 e. The van der Waals surface area contributed by atoms with Gasteiger partial charge < -0.3 is 0 Å². The molecule has 16 heavy (non-hydrogen) atoms. The van der Waals surface area contributed by atoms with Crippen LogP contribution in [0.25, 0.3) is 10.9 Å². The molecule has 0 spiro atoms. The van der Waals surface area contributed by atoms with E-state index in [0.717, 1.165) is 0 Å². The summed E-state index contributed by atoms with van der Waals surface area (Å²) in [4.78, 5) is 0. The van der Waals surface area contributed by atoms with Crippen molar-refractivity contribution < 1.29 is 0 Å². The normalized spacial score (nSPS) is 11.0. The summed E-state index contributed by atoms with van der Waals surface area (Å²) in [6.07, 6.45) is 4.48. The smallest absolute Gasteiger partial charge is 0.173 e. The lowest BCUT2D eigenvalue weighted by atomic mass is 9.43. The van der Waals surface area contributed by atoms with Gasteiger partial charge in [-0.1, -0.05) is 38.0 Å². The van der Waals surface area contributed by atoms with Gasteiger partial charge in [-0.3, -0.25) is 4.68 Å². The van der Waals surface area contributed by atoms with Gasteiger partial charge in [0.1, 0.15) is 0 Å². The first-order valence-corrected chi connectivity index (χ1v) is 6.06. The molecule has 1 aromatic heterocycles. The molecule has 1 aromatic carbocycles. The van der Waals surface area contributed by atoms with Gasteiger partial charge in [0, 0.05) is 12.4 Å². The van der Waals surface area contributed by atoms with E-state index in [1.165, 1.54) is 34.7 Å². The van der Waals surface area contributed by atoms with Crippen molar-refractivity contribution in [3.8, 4) is 0 Å². The van der Waals surface area contributed by atoms with Gasteiger partial charge in [-0.25, -0.2) is 0 Å². The van der Waals surface area contributed by atoms with Gasteiger partial charge in [0.2, 0.25) is 0 Å². The predicted octanol–water partition coefficient (Wildman–Crippen LogP) is 2.62. The second-order valence-electron chi connectivity index (χ2n) is 4.67. The highest BCUT2D eigenvalue weighted by molar-refractivity contribution is 6.72. The summed E-state index contributed by atoms with van der Waals surface area (Å²) < 4.78 is 1.94. The van der Waals surface area contributed by atoms with E-state index in [-0.39, 0.29) is 0 Å². The minimum absolute atomic E-state index is 0.648. The summed E-state index contributed by atoms with van der Waals surface area (Å²) in [5, 5.41) is 5.61. The maximum absolute atomic E-state index is 4.32. The lowest BCUT2D eigenvalue weighted by molar-refractivity contribution is 0.797. The Bertz CT molecular complexity index is 502. The van der Waals surface area contributed by atoms with Crippen molar-refractivity contribution >= 4 is 23.1 Å². The number of hydrogen-bond acceptors (Lipinski definition) is 1. The predicted molar refractivity (Wildman–Crippen MR) is 71.8 cm³/mol. The molecule has 0 N–H and O–H groups in total. The van der Waals surface area contributed by atoms with E-state index < -0.39 is 0 Å². The molecule has 0 saturated heterocycles. The fraction of sp³-hybridized carbons (Fsp3) is 0.462. The second-order valence-corrected chi connectivity index (χ2v) is 4.67. The number of aryl methyl sites for hydroxylation is 2. The van der Waals surface area contributed by atoms with Crippen molar-refractivity contribution in [2.75, 3.05) is 0 Å². The third kappa shape index (κ3) is 1.75. The van der Waals surface area contributed by atoms with E-state index in [9.17, 15) is 0 Å². The van der Waals surface area contributed by atoms with Gasteiger partial charge in [0.25, 0.3) is 0 Å². The Morgan fingerprint density at radius 2 is 2.12 bits per heavy atom.